The third-order valence-electron chi connectivity index (χ3n) is 5.33. The topological polar surface area (TPSA) is 38.8 Å². The molecule has 0 unspecified atom stereocenters. The number of benzene rings is 1. The maximum atomic E-state index is 13.2. The molecular weight excluding hydrogens is 326 g/mol. The van der Waals surface area contributed by atoms with Gasteiger partial charge in [0.05, 0.1) is 13.2 Å². The Kier molecular flexibility index (Phi) is 7.80. The van der Waals surface area contributed by atoms with Crippen LogP contribution >= 0.6 is 0 Å². The van der Waals surface area contributed by atoms with E-state index in [4.69, 9.17) is 9.47 Å². The lowest BCUT2D eigenvalue weighted by Gasteiger charge is -2.32. The van der Waals surface area contributed by atoms with Crippen LogP contribution in [0.25, 0.3) is 0 Å². The quantitative estimate of drug-likeness (QED) is 0.607. The number of carbonyl (C=O) groups excluding carboxylic acids is 1. The van der Waals surface area contributed by atoms with Crippen LogP contribution in [0.2, 0.25) is 0 Å². The van der Waals surface area contributed by atoms with Gasteiger partial charge in [-0.3, -0.25) is 4.79 Å². The normalized spacial score (nSPS) is 14.9. The van der Waals surface area contributed by atoms with Crippen LogP contribution in [0.15, 0.2) is 18.2 Å². The first-order chi connectivity index (χ1) is 12.5. The van der Waals surface area contributed by atoms with Crippen molar-refractivity contribution in [2.45, 2.75) is 84.9 Å². The van der Waals surface area contributed by atoms with Gasteiger partial charge in [0.2, 0.25) is 5.91 Å². The van der Waals surface area contributed by atoms with E-state index in [0.717, 1.165) is 42.7 Å². The van der Waals surface area contributed by atoms with Gasteiger partial charge in [0.25, 0.3) is 0 Å². The van der Waals surface area contributed by atoms with Crippen LogP contribution in [0.1, 0.15) is 71.8 Å². The summed E-state index contributed by atoms with van der Waals surface area (Å²) < 4.78 is 11.3. The Morgan fingerprint density at radius 1 is 1.15 bits per heavy atom. The smallest absolute Gasteiger partial charge is 0.226 e. The summed E-state index contributed by atoms with van der Waals surface area (Å²) in [4.78, 5) is 15.3. The Balaban J connectivity index is 2.25. The second kappa shape index (κ2) is 9.84. The summed E-state index contributed by atoms with van der Waals surface area (Å²) in [7, 11) is 1.66. The average Bonchev–Trinajstić information content (AvgIpc) is 3.14. The zero-order chi connectivity index (χ0) is 19.1. The first-order valence-electron chi connectivity index (χ1n) is 10.1. The molecule has 1 saturated carbocycles. The van der Waals surface area contributed by atoms with Crippen molar-refractivity contribution in [3.8, 4) is 11.5 Å². The second-order valence-corrected chi connectivity index (χ2v) is 7.57. The minimum atomic E-state index is 0.0799. The third-order valence-corrected chi connectivity index (χ3v) is 5.33. The molecule has 146 valence electrons. The molecule has 1 aromatic carbocycles. The summed E-state index contributed by atoms with van der Waals surface area (Å²) in [6, 6.07) is 6.40. The number of rotatable bonds is 9. The van der Waals surface area contributed by atoms with Crippen LogP contribution in [0.3, 0.4) is 0 Å². The molecule has 1 aliphatic carbocycles. The predicted octanol–water partition coefficient (Wildman–Crippen LogP) is 5.19. The highest BCUT2D eigenvalue weighted by Crippen LogP contribution is 2.32. The van der Waals surface area contributed by atoms with Crippen molar-refractivity contribution >= 4 is 5.91 Å². The van der Waals surface area contributed by atoms with E-state index in [2.05, 4.69) is 18.7 Å². The first-order valence-corrected chi connectivity index (χ1v) is 10.1. The van der Waals surface area contributed by atoms with Crippen molar-refractivity contribution in [3.63, 3.8) is 0 Å². The van der Waals surface area contributed by atoms with E-state index in [9.17, 15) is 4.79 Å². The predicted molar refractivity (Wildman–Crippen MR) is 106 cm³/mol. The van der Waals surface area contributed by atoms with Gasteiger partial charge in [-0.2, -0.15) is 0 Å². The highest BCUT2D eigenvalue weighted by Gasteiger charge is 2.30. The molecule has 0 aromatic heterocycles. The number of methoxy groups -OCH3 is 1. The Bertz CT molecular complexity index is 575. The van der Waals surface area contributed by atoms with E-state index in [1.54, 1.807) is 7.11 Å². The number of amides is 1. The summed E-state index contributed by atoms with van der Waals surface area (Å²) in [6.07, 6.45) is 6.58. The summed E-state index contributed by atoms with van der Waals surface area (Å²) in [5.41, 5.74) is 1.10. The van der Waals surface area contributed by atoms with Gasteiger partial charge in [0.15, 0.2) is 11.5 Å². The highest BCUT2D eigenvalue weighted by atomic mass is 16.5. The van der Waals surface area contributed by atoms with Gasteiger partial charge in [-0.05, 0) is 57.2 Å². The summed E-state index contributed by atoms with van der Waals surface area (Å²) in [6.45, 7) is 8.89. The number of ether oxygens (including phenoxy) is 2. The van der Waals surface area contributed by atoms with Gasteiger partial charge in [0.1, 0.15) is 0 Å². The number of hydrogen-bond acceptors (Lipinski definition) is 3. The number of carbonyl (C=O) groups is 1. The van der Waals surface area contributed by atoms with Crippen LogP contribution in [-0.2, 0) is 11.3 Å². The van der Waals surface area contributed by atoms with E-state index in [0.29, 0.717) is 18.5 Å². The molecule has 0 aliphatic heterocycles. The SMILES string of the molecule is CCC(CC)C(=O)N(Cc1ccc(OC)c(OC(C)C)c1)C1CCCC1. The van der Waals surface area contributed by atoms with Crippen molar-refractivity contribution < 1.29 is 14.3 Å². The molecule has 0 N–H and O–H groups in total. The lowest BCUT2D eigenvalue weighted by atomic mass is 9.99. The number of hydrogen-bond donors (Lipinski definition) is 0. The van der Waals surface area contributed by atoms with Gasteiger partial charge >= 0.3 is 0 Å². The fourth-order valence-corrected chi connectivity index (χ4v) is 3.84. The summed E-state index contributed by atoms with van der Waals surface area (Å²) in [5.74, 6) is 1.92. The zero-order valence-electron chi connectivity index (χ0n) is 17.1. The van der Waals surface area contributed by atoms with Crippen LogP contribution < -0.4 is 9.47 Å². The largest absolute Gasteiger partial charge is 0.493 e. The van der Waals surface area contributed by atoms with Crippen LogP contribution in [-0.4, -0.2) is 30.1 Å². The average molecular weight is 362 g/mol. The maximum absolute atomic E-state index is 13.2. The standard InChI is InChI=1S/C22H35NO3/c1-6-18(7-2)22(24)23(19-10-8-9-11-19)15-17-12-13-20(25-5)21(14-17)26-16(3)4/h12-14,16,18-19H,6-11,15H2,1-5H3. The van der Waals surface area contributed by atoms with Crippen molar-refractivity contribution in [2.24, 2.45) is 5.92 Å². The van der Waals surface area contributed by atoms with Crippen molar-refractivity contribution in [2.75, 3.05) is 7.11 Å². The first kappa shape index (κ1) is 20.6. The maximum Gasteiger partial charge on any atom is 0.226 e. The van der Waals surface area contributed by atoms with E-state index < -0.39 is 0 Å². The van der Waals surface area contributed by atoms with E-state index in [1.807, 2.05) is 32.0 Å². The lowest BCUT2D eigenvalue weighted by Crippen LogP contribution is -2.41. The summed E-state index contributed by atoms with van der Waals surface area (Å²) in [5, 5.41) is 0. The van der Waals surface area contributed by atoms with Gasteiger partial charge in [-0.25, -0.2) is 0 Å². The van der Waals surface area contributed by atoms with Gasteiger partial charge in [-0.1, -0.05) is 32.8 Å². The minimum Gasteiger partial charge on any atom is -0.493 e. The monoisotopic (exact) mass is 361 g/mol. The molecule has 2 rings (SSSR count). The van der Waals surface area contributed by atoms with E-state index in [1.165, 1.54) is 12.8 Å². The molecule has 0 saturated heterocycles. The Morgan fingerprint density at radius 3 is 2.35 bits per heavy atom. The fourth-order valence-electron chi connectivity index (χ4n) is 3.84. The van der Waals surface area contributed by atoms with Crippen molar-refractivity contribution in [3.05, 3.63) is 23.8 Å². The van der Waals surface area contributed by atoms with Crippen molar-refractivity contribution in [1.29, 1.82) is 0 Å². The third kappa shape index (κ3) is 5.15. The van der Waals surface area contributed by atoms with Gasteiger partial charge in [-0.15, -0.1) is 0 Å². The molecule has 0 heterocycles. The summed E-state index contributed by atoms with van der Waals surface area (Å²) >= 11 is 0. The molecule has 1 amide bonds. The van der Waals surface area contributed by atoms with Gasteiger partial charge in [0, 0.05) is 18.5 Å². The molecule has 26 heavy (non-hydrogen) atoms. The molecule has 1 fully saturated rings. The molecule has 1 aliphatic rings. The van der Waals surface area contributed by atoms with Crippen molar-refractivity contribution in [1.82, 2.24) is 4.90 Å². The fraction of sp³-hybridized carbons (Fsp3) is 0.682. The minimum absolute atomic E-state index is 0.0799. The molecule has 0 bridgehead atoms. The Labute approximate surface area is 158 Å². The molecule has 4 heteroatoms. The molecule has 4 nitrogen and oxygen atoms in total. The Hall–Kier alpha value is -1.71. The van der Waals surface area contributed by atoms with Crippen LogP contribution in [0, 0.1) is 5.92 Å². The van der Waals surface area contributed by atoms with E-state index in [-0.39, 0.29) is 12.0 Å². The zero-order valence-corrected chi connectivity index (χ0v) is 17.1. The molecule has 0 radical (unpaired) electrons. The molecular formula is C22H35NO3. The van der Waals surface area contributed by atoms with Gasteiger partial charge < -0.3 is 14.4 Å². The molecule has 0 spiro atoms. The second-order valence-electron chi connectivity index (χ2n) is 7.57. The Morgan fingerprint density at radius 2 is 1.81 bits per heavy atom. The van der Waals surface area contributed by atoms with E-state index >= 15 is 0 Å². The molecule has 0 atom stereocenters. The molecule has 1 aromatic rings. The van der Waals surface area contributed by atoms with Crippen LogP contribution in [0.4, 0.5) is 0 Å². The lowest BCUT2D eigenvalue weighted by molar-refractivity contribution is -0.138. The van der Waals surface area contributed by atoms with Crippen LogP contribution in [0.5, 0.6) is 11.5 Å². The highest BCUT2D eigenvalue weighted by molar-refractivity contribution is 5.79. The number of nitrogens with zero attached hydrogens (tertiary/aromatic N) is 1.